The number of pyridine rings is 1. The Morgan fingerprint density at radius 1 is 1.14 bits per heavy atom. The second kappa shape index (κ2) is 8.17. The molecule has 0 fully saturated rings. The van der Waals surface area contributed by atoms with Gasteiger partial charge in [-0.3, -0.25) is 9.78 Å². The van der Waals surface area contributed by atoms with Gasteiger partial charge in [-0.05, 0) is 23.6 Å². The van der Waals surface area contributed by atoms with Gasteiger partial charge in [-0.25, -0.2) is 0 Å². The maximum absolute atomic E-state index is 12.1. The minimum Gasteiger partial charge on any atom is -0.375 e. The average molecular weight is 284 g/mol. The summed E-state index contributed by atoms with van der Waals surface area (Å²) in [6, 6.07) is 14.0. The maximum atomic E-state index is 12.1. The summed E-state index contributed by atoms with van der Waals surface area (Å²) in [5.41, 5.74) is 2.24. The van der Waals surface area contributed by atoms with Crippen molar-refractivity contribution in [3.63, 3.8) is 0 Å². The van der Waals surface area contributed by atoms with Crippen molar-refractivity contribution in [2.45, 2.75) is 13.0 Å². The van der Waals surface area contributed by atoms with E-state index in [4.69, 9.17) is 4.74 Å². The van der Waals surface area contributed by atoms with Crippen molar-refractivity contribution in [2.24, 2.45) is 0 Å². The van der Waals surface area contributed by atoms with Gasteiger partial charge in [0.25, 0.3) is 0 Å². The van der Waals surface area contributed by atoms with E-state index in [9.17, 15) is 4.79 Å². The van der Waals surface area contributed by atoms with Crippen LogP contribution < -0.4 is 0 Å². The predicted molar refractivity (Wildman–Crippen MR) is 81.7 cm³/mol. The first-order chi connectivity index (χ1) is 10.3. The fourth-order valence-electron chi connectivity index (χ4n) is 2.13. The molecular formula is C17H20N2O2. The van der Waals surface area contributed by atoms with E-state index in [1.807, 2.05) is 35.2 Å². The number of carbonyl (C=O) groups excluding carboxylic acids is 1. The van der Waals surface area contributed by atoms with Crippen molar-refractivity contribution in [2.75, 3.05) is 20.3 Å². The molecule has 1 aromatic carbocycles. The average Bonchev–Trinajstić information content (AvgIpc) is 2.53. The van der Waals surface area contributed by atoms with Gasteiger partial charge in [0, 0.05) is 32.6 Å². The van der Waals surface area contributed by atoms with E-state index in [0.717, 1.165) is 12.0 Å². The van der Waals surface area contributed by atoms with Crippen LogP contribution in [0.1, 0.15) is 11.1 Å². The van der Waals surface area contributed by atoms with E-state index < -0.39 is 0 Å². The summed E-state index contributed by atoms with van der Waals surface area (Å²) in [5, 5.41) is 0. The summed E-state index contributed by atoms with van der Waals surface area (Å²) in [5.74, 6) is -0.00251. The van der Waals surface area contributed by atoms with Gasteiger partial charge < -0.3 is 9.64 Å². The fourth-order valence-corrected chi connectivity index (χ4v) is 2.13. The molecule has 0 saturated heterocycles. The predicted octanol–water partition coefficient (Wildman–Crippen LogP) is 2.30. The van der Waals surface area contributed by atoms with Crippen LogP contribution in [0.5, 0.6) is 0 Å². The molecule has 0 N–H and O–H groups in total. The molecule has 0 aliphatic carbocycles. The van der Waals surface area contributed by atoms with Crippen LogP contribution in [0.3, 0.4) is 0 Å². The Balaban J connectivity index is 2.00. The summed E-state index contributed by atoms with van der Waals surface area (Å²) in [6.07, 6.45) is 4.35. The minimum atomic E-state index is -0.00251. The molecule has 0 saturated carbocycles. The first kappa shape index (κ1) is 15.2. The van der Waals surface area contributed by atoms with Crippen LogP contribution in [0.2, 0.25) is 0 Å². The van der Waals surface area contributed by atoms with Crippen LogP contribution in [-0.2, 0) is 22.5 Å². The molecule has 0 aliphatic heterocycles. The van der Waals surface area contributed by atoms with Crippen molar-refractivity contribution in [3.8, 4) is 0 Å². The van der Waals surface area contributed by atoms with Crippen LogP contribution in [0, 0.1) is 0 Å². The number of nitrogens with zero attached hydrogens (tertiary/aromatic N) is 2. The molecule has 21 heavy (non-hydrogen) atoms. The Kier molecular flexibility index (Phi) is 5.91. The van der Waals surface area contributed by atoms with E-state index in [1.54, 1.807) is 12.4 Å². The zero-order chi connectivity index (χ0) is 14.9. The van der Waals surface area contributed by atoms with Gasteiger partial charge in [-0.15, -0.1) is 0 Å². The van der Waals surface area contributed by atoms with Crippen molar-refractivity contribution in [1.29, 1.82) is 0 Å². The lowest BCUT2D eigenvalue weighted by molar-refractivity contribution is -0.135. The molecule has 0 atom stereocenters. The molecule has 4 nitrogen and oxygen atoms in total. The first-order valence-corrected chi connectivity index (χ1v) is 6.99. The molecule has 1 amide bonds. The highest BCUT2D eigenvalue weighted by Gasteiger charge is 2.13. The smallest absolute Gasteiger partial charge is 0.248 e. The highest BCUT2D eigenvalue weighted by atomic mass is 16.5. The molecule has 1 aromatic heterocycles. The molecule has 2 aromatic rings. The quantitative estimate of drug-likeness (QED) is 0.783. The Morgan fingerprint density at radius 2 is 1.90 bits per heavy atom. The van der Waals surface area contributed by atoms with Crippen molar-refractivity contribution in [3.05, 3.63) is 66.0 Å². The molecule has 2 rings (SSSR count). The van der Waals surface area contributed by atoms with Gasteiger partial charge in [-0.1, -0.05) is 36.4 Å². The lowest BCUT2D eigenvalue weighted by Gasteiger charge is -2.22. The highest BCUT2D eigenvalue weighted by Crippen LogP contribution is 2.07. The molecule has 0 aliphatic rings. The molecule has 1 heterocycles. The second-order valence-electron chi connectivity index (χ2n) is 4.85. The van der Waals surface area contributed by atoms with Crippen molar-refractivity contribution < 1.29 is 9.53 Å². The SMILES string of the molecule is COCC(=O)N(CCc1ccccc1)Cc1cccnc1. The Morgan fingerprint density at radius 3 is 2.57 bits per heavy atom. The van der Waals surface area contributed by atoms with Gasteiger partial charge in [0.15, 0.2) is 0 Å². The number of rotatable bonds is 7. The number of methoxy groups -OCH3 is 1. The molecule has 4 heteroatoms. The molecule has 0 spiro atoms. The van der Waals surface area contributed by atoms with Crippen LogP contribution >= 0.6 is 0 Å². The van der Waals surface area contributed by atoms with E-state index in [1.165, 1.54) is 12.7 Å². The maximum Gasteiger partial charge on any atom is 0.248 e. The monoisotopic (exact) mass is 284 g/mol. The fraction of sp³-hybridized carbons (Fsp3) is 0.294. The van der Waals surface area contributed by atoms with E-state index in [2.05, 4.69) is 17.1 Å². The van der Waals surface area contributed by atoms with Gasteiger partial charge in [-0.2, -0.15) is 0 Å². The molecule has 0 radical (unpaired) electrons. The third kappa shape index (κ3) is 5.00. The molecule has 110 valence electrons. The largest absolute Gasteiger partial charge is 0.375 e. The van der Waals surface area contributed by atoms with Crippen molar-refractivity contribution >= 4 is 5.91 Å². The first-order valence-electron chi connectivity index (χ1n) is 6.99. The van der Waals surface area contributed by atoms with E-state index >= 15 is 0 Å². The zero-order valence-corrected chi connectivity index (χ0v) is 12.2. The van der Waals surface area contributed by atoms with Crippen LogP contribution in [-0.4, -0.2) is 36.1 Å². The van der Waals surface area contributed by atoms with Crippen molar-refractivity contribution in [1.82, 2.24) is 9.88 Å². The Labute approximate surface area is 125 Å². The van der Waals surface area contributed by atoms with Gasteiger partial charge in [0.05, 0.1) is 0 Å². The van der Waals surface area contributed by atoms with Crippen LogP contribution in [0.25, 0.3) is 0 Å². The number of amides is 1. The Hall–Kier alpha value is -2.20. The number of aromatic nitrogens is 1. The molecular weight excluding hydrogens is 264 g/mol. The summed E-state index contributed by atoms with van der Waals surface area (Å²) in [6.45, 7) is 1.33. The standard InChI is InChI=1S/C17H20N2O2/c1-21-14-17(20)19(13-16-8-5-10-18-12-16)11-9-15-6-3-2-4-7-15/h2-8,10,12H,9,11,13-14H2,1H3. The Bertz CT molecular complexity index is 543. The summed E-state index contributed by atoms with van der Waals surface area (Å²) < 4.78 is 4.97. The van der Waals surface area contributed by atoms with Gasteiger partial charge in [0.1, 0.15) is 6.61 Å². The lowest BCUT2D eigenvalue weighted by Crippen LogP contribution is -2.35. The third-order valence-corrected chi connectivity index (χ3v) is 3.23. The summed E-state index contributed by atoms with van der Waals surface area (Å²) >= 11 is 0. The molecule has 0 bridgehead atoms. The summed E-state index contributed by atoms with van der Waals surface area (Å²) in [4.78, 5) is 18.1. The summed E-state index contributed by atoms with van der Waals surface area (Å²) in [7, 11) is 1.54. The number of hydrogen-bond acceptors (Lipinski definition) is 3. The lowest BCUT2D eigenvalue weighted by atomic mass is 10.1. The van der Waals surface area contributed by atoms with E-state index in [0.29, 0.717) is 13.1 Å². The highest BCUT2D eigenvalue weighted by molar-refractivity contribution is 5.77. The van der Waals surface area contributed by atoms with Crippen LogP contribution in [0.15, 0.2) is 54.9 Å². The van der Waals surface area contributed by atoms with Gasteiger partial charge >= 0.3 is 0 Å². The number of ether oxygens (including phenoxy) is 1. The third-order valence-electron chi connectivity index (χ3n) is 3.23. The van der Waals surface area contributed by atoms with Crippen LogP contribution in [0.4, 0.5) is 0 Å². The zero-order valence-electron chi connectivity index (χ0n) is 12.2. The normalized spacial score (nSPS) is 10.3. The number of carbonyl (C=O) groups is 1. The molecule has 0 unspecified atom stereocenters. The number of benzene rings is 1. The minimum absolute atomic E-state index is 0.00251. The topological polar surface area (TPSA) is 42.4 Å². The second-order valence-corrected chi connectivity index (χ2v) is 4.85. The van der Waals surface area contributed by atoms with Gasteiger partial charge in [0.2, 0.25) is 5.91 Å². The number of hydrogen-bond donors (Lipinski definition) is 0. The van der Waals surface area contributed by atoms with E-state index in [-0.39, 0.29) is 12.5 Å².